The average Bonchev–Trinajstić information content (AvgIpc) is 3.13. The van der Waals surface area contributed by atoms with Gasteiger partial charge in [0.2, 0.25) is 11.8 Å². The summed E-state index contributed by atoms with van der Waals surface area (Å²) >= 11 is 18.2. The highest BCUT2D eigenvalue weighted by Crippen LogP contribution is 2.31. The number of amides is 2. The molecule has 1 aromatic heterocycles. The molecule has 1 unspecified atom stereocenters. The van der Waals surface area contributed by atoms with Gasteiger partial charge in [0.1, 0.15) is 6.54 Å². The minimum absolute atomic E-state index is 0.0735. The van der Waals surface area contributed by atoms with Gasteiger partial charge >= 0.3 is 11.9 Å². The van der Waals surface area contributed by atoms with Crippen molar-refractivity contribution in [2.24, 2.45) is 5.84 Å². The first-order valence-electron chi connectivity index (χ1n) is 10.6. The Morgan fingerprint density at radius 3 is 2.35 bits per heavy atom. The number of halogens is 6. The lowest BCUT2D eigenvalue weighted by Crippen LogP contribution is -2.39. The zero-order valence-electron chi connectivity index (χ0n) is 18.9. The van der Waals surface area contributed by atoms with Crippen LogP contribution in [0, 0.1) is 0 Å². The minimum Gasteiger partial charge on any atom is -0.347 e. The highest BCUT2D eigenvalue weighted by Gasteiger charge is 2.29. The van der Waals surface area contributed by atoms with Crippen molar-refractivity contribution in [2.45, 2.75) is 38.1 Å². The first-order valence-corrected chi connectivity index (χ1v) is 11.8. The third kappa shape index (κ3) is 7.48. The number of rotatable bonds is 9. The molecule has 3 aromatic rings. The number of nitrogens with zero attached hydrogens (tertiary/aromatic N) is 3. The van der Waals surface area contributed by atoms with Crippen molar-refractivity contribution in [1.29, 1.82) is 0 Å². The maximum Gasteiger partial charge on any atom is 0.390 e. The van der Waals surface area contributed by atoms with Gasteiger partial charge in [-0.3, -0.25) is 19.6 Å². The van der Waals surface area contributed by atoms with Crippen LogP contribution >= 0.6 is 34.8 Å². The van der Waals surface area contributed by atoms with Gasteiger partial charge in [-0.05, 0) is 35.9 Å². The van der Waals surface area contributed by atoms with Gasteiger partial charge in [0.15, 0.2) is 5.82 Å². The number of hydrogen-bond donors (Lipinski definition) is 3. The molecular weight excluding hydrogens is 560 g/mol. The van der Waals surface area contributed by atoms with Gasteiger partial charge in [-0.1, -0.05) is 46.9 Å². The summed E-state index contributed by atoms with van der Waals surface area (Å²) in [5.74, 6) is 3.70. The Bertz CT molecular complexity index is 1340. The van der Waals surface area contributed by atoms with Crippen LogP contribution in [0.3, 0.4) is 0 Å². The summed E-state index contributed by atoms with van der Waals surface area (Å²) in [6, 6.07) is 9.59. The predicted molar refractivity (Wildman–Crippen MR) is 132 cm³/mol. The Labute approximate surface area is 223 Å². The lowest BCUT2D eigenvalue weighted by Gasteiger charge is -2.20. The maximum absolute atomic E-state index is 12.9. The first-order chi connectivity index (χ1) is 17.4. The van der Waals surface area contributed by atoms with E-state index in [4.69, 9.17) is 40.6 Å². The van der Waals surface area contributed by atoms with E-state index >= 15 is 0 Å². The molecule has 198 valence electrons. The number of hydrazine groups is 1. The lowest BCUT2D eigenvalue weighted by molar-refractivity contribution is -0.137. The van der Waals surface area contributed by atoms with Gasteiger partial charge in [-0.2, -0.15) is 13.2 Å². The molecule has 3 rings (SSSR count). The minimum atomic E-state index is -4.52. The summed E-state index contributed by atoms with van der Waals surface area (Å²) in [5.41, 5.74) is 1.66. The van der Waals surface area contributed by atoms with Gasteiger partial charge in [0, 0.05) is 17.1 Å². The molecule has 4 N–H and O–H groups in total. The fraction of sp³-hybridized carbons (Fsp3) is 0.273. The van der Waals surface area contributed by atoms with Crippen LogP contribution in [0.4, 0.5) is 13.2 Å². The molecule has 15 heteroatoms. The zero-order valence-corrected chi connectivity index (χ0v) is 21.1. The van der Waals surface area contributed by atoms with Gasteiger partial charge in [-0.15, -0.1) is 5.10 Å². The van der Waals surface area contributed by atoms with E-state index in [0.717, 1.165) is 9.25 Å². The lowest BCUT2D eigenvalue weighted by atomic mass is 10.0. The predicted octanol–water partition coefficient (Wildman–Crippen LogP) is 3.86. The van der Waals surface area contributed by atoms with Crippen LogP contribution in [0.15, 0.2) is 47.3 Å². The number of nitrogens with one attached hydrogen (secondary N) is 2. The van der Waals surface area contributed by atoms with E-state index in [0.29, 0.717) is 16.1 Å². The molecular formula is C22H20Cl3F3N6O3. The smallest absolute Gasteiger partial charge is 0.347 e. The molecule has 0 saturated carbocycles. The van der Waals surface area contributed by atoms with Crippen molar-refractivity contribution in [3.8, 4) is 11.4 Å². The van der Waals surface area contributed by atoms with Crippen LogP contribution in [0.1, 0.15) is 24.4 Å². The summed E-state index contributed by atoms with van der Waals surface area (Å²) in [6.07, 6.45) is -6.12. The van der Waals surface area contributed by atoms with Crippen LogP contribution in [0.5, 0.6) is 0 Å². The quantitative estimate of drug-likeness (QED) is 0.202. The molecule has 0 bridgehead atoms. The normalized spacial score (nSPS) is 12.3. The van der Waals surface area contributed by atoms with Crippen molar-refractivity contribution < 1.29 is 22.8 Å². The topological polar surface area (TPSA) is 124 Å². The third-order valence-corrected chi connectivity index (χ3v) is 6.27. The van der Waals surface area contributed by atoms with E-state index in [1.807, 2.05) is 5.43 Å². The molecule has 0 saturated heterocycles. The number of hydrogen-bond acceptors (Lipinski definition) is 5. The molecule has 1 heterocycles. The van der Waals surface area contributed by atoms with Crippen molar-refractivity contribution in [1.82, 2.24) is 25.1 Å². The Hall–Kier alpha value is -3.06. The molecule has 0 aliphatic carbocycles. The van der Waals surface area contributed by atoms with Crippen molar-refractivity contribution in [2.75, 3.05) is 0 Å². The Kier molecular flexibility index (Phi) is 9.24. The largest absolute Gasteiger partial charge is 0.390 e. The molecule has 0 spiro atoms. The summed E-state index contributed by atoms with van der Waals surface area (Å²) in [5, 5.41) is 7.31. The maximum atomic E-state index is 12.9. The van der Waals surface area contributed by atoms with Crippen molar-refractivity contribution in [3.63, 3.8) is 0 Å². The second-order valence-corrected chi connectivity index (χ2v) is 9.04. The number of carbonyl (C=O) groups is 2. The van der Waals surface area contributed by atoms with Crippen LogP contribution in [-0.4, -0.2) is 32.3 Å². The number of aromatic nitrogens is 3. The Morgan fingerprint density at radius 2 is 1.73 bits per heavy atom. The van der Waals surface area contributed by atoms with Crippen LogP contribution < -0.4 is 22.3 Å². The van der Waals surface area contributed by atoms with Crippen molar-refractivity contribution in [3.05, 3.63) is 73.6 Å². The number of alkyl halides is 3. The molecule has 2 amide bonds. The van der Waals surface area contributed by atoms with Gasteiger partial charge in [0.05, 0.1) is 28.9 Å². The van der Waals surface area contributed by atoms with E-state index in [-0.39, 0.29) is 22.3 Å². The summed E-state index contributed by atoms with van der Waals surface area (Å²) in [6.45, 7) is -1.36. The first kappa shape index (κ1) is 28.5. The summed E-state index contributed by atoms with van der Waals surface area (Å²) < 4.78 is 40.2. The number of nitrogens with two attached hydrogens (primary N) is 1. The number of benzene rings is 2. The van der Waals surface area contributed by atoms with Crippen LogP contribution in [0.25, 0.3) is 11.4 Å². The van der Waals surface area contributed by atoms with E-state index in [2.05, 4.69) is 10.4 Å². The second kappa shape index (κ2) is 12.0. The van der Waals surface area contributed by atoms with E-state index in [1.165, 1.54) is 30.3 Å². The van der Waals surface area contributed by atoms with Gasteiger partial charge in [0.25, 0.3) is 0 Å². The molecule has 1 atom stereocenters. The zero-order chi connectivity index (χ0) is 27.3. The molecule has 0 aliphatic rings. The van der Waals surface area contributed by atoms with E-state index in [9.17, 15) is 27.6 Å². The Morgan fingerprint density at radius 1 is 1.05 bits per heavy atom. The van der Waals surface area contributed by atoms with Crippen molar-refractivity contribution >= 4 is 46.6 Å². The second-order valence-electron chi connectivity index (χ2n) is 7.82. The van der Waals surface area contributed by atoms with Crippen LogP contribution in [-0.2, 0) is 22.7 Å². The summed E-state index contributed by atoms with van der Waals surface area (Å²) in [7, 11) is 0. The van der Waals surface area contributed by atoms with Gasteiger partial charge in [-0.25, -0.2) is 15.3 Å². The third-order valence-electron chi connectivity index (χ3n) is 5.18. The van der Waals surface area contributed by atoms with E-state index < -0.39 is 49.2 Å². The average molecular weight is 580 g/mol. The monoisotopic (exact) mass is 578 g/mol. The molecule has 2 aromatic carbocycles. The number of carbonyl (C=O) groups excluding carboxylic acids is 2. The fourth-order valence-electron chi connectivity index (χ4n) is 3.45. The molecule has 9 nitrogen and oxygen atoms in total. The standard InChI is InChI=1S/C22H20Cl3F3N6O3/c23-13-6-4-12(5-7-13)20-32-34(21(37)33(20)9-8-22(26,27)28)11-18(36)30-16(10-17(35)31-29)14-2-1-3-15(24)19(14)25/h1-7,16H,8-11,29H2,(H,30,36)(H,31,35). The van der Waals surface area contributed by atoms with Gasteiger partial charge < -0.3 is 5.32 Å². The highest BCUT2D eigenvalue weighted by molar-refractivity contribution is 6.42. The molecule has 37 heavy (non-hydrogen) atoms. The molecule has 0 aliphatic heterocycles. The fourth-order valence-corrected chi connectivity index (χ4v) is 4.01. The molecule has 0 fully saturated rings. The Balaban J connectivity index is 1.92. The summed E-state index contributed by atoms with van der Waals surface area (Å²) in [4.78, 5) is 37.7. The van der Waals surface area contributed by atoms with E-state index in [1.54, 1.807) is 12.1 Å². The van der Waals surface area contributed by atoms with Crippen LogP contribution in [0.2, 0.25) is 15.1 Å². The SMILES string of the molecule is NNC(=O)CC(NC(=O)Cn1nc(-c2ccc(Cl)cc2)n(CCC(F)(F)F)c1=O)c1cccc(Cl)c1Cl. The highest BCUT2D eigenvalue weighted by atomic mass is 35.5. The molecule has 0 radical (unpaired) electrons.